The summed E-state index contributed by atoms with van der Waals surface area (Å²) in [5.41, 5.74) is 1.10. The molecule has 1 saturated carbocycles. The lowest BCUT2D eigenvalue weighted by molar-refractivity contribution is -0.132. The number of rotatable bonds is 6. The lowest BCUT2D eigenvalue weighted by Gasteiger charge is -2.41. The molecule has 4 rings (SSSR count). The van der Waals surface area contributed by atoms with Crippen molar-refractivity contribution in [3.8, 4) is 11.5 Å². The van der Waals surface area contributed by atoms with Gasteiger partial charge in [-0.25, -0.2) is 4.98 Å². The van der Waals surface area contributed by atoms with Crippen molar-refractivity contribution in [1.82, 2.24) is 20.1 Å². The van der Waals surface area contributed by atoms with Gasteiger partial charge >= 0.3 is 0 Å². The van der Waals surface area contributed by atoms with Crippen LogP contribution in [0, 0.1) is 6.92 Å². The second-order valence-corrected chi connectivity index (χ2v) is 8.26. The molecular formula is C22H31N5O3. The Labute approximate surface area is 177 Å². The van der Waals surface area contributed by atoms with Crippen LogP contribution in [0.2, 0.25) is 0 Å². The Morgan fingerprint density at radius 3 is 2.70 bits per heavy atom. The minimum Gasteiger partial charge on any atom is -0.493 e. The molecular weight excluding hydrogens is 382 g/mol. The predicted molar refractivity (Wildman–Crippen MR) is 114 cm³/mol. The Hall–Kier alpha value is -2.77. The number of aryl methyl sites for hydroxylation is 1. The molecule has 8 heteroatoms. The summed E-state index contributed by atoms with van der Waals surface area (Å²) in [7, 11) is 1.68. The normalized spacial score (nSPS) is 19.9. The molecule has 1 saturated heterocycles. The van der Waals surface area contributed by atoms with Gasteiger partial charge in [-0.15, -0.1) is 0 Å². The standard InChI is InChI=1S/C22H31N5O3/c1-15-14-26(10-11-27(15)22(28)13-21-23-16(2)24-25-21)17-8-9-19(29-3)20(12-17)30-18-6-4-5-7-18/h8-9,12,15,18H,4-7,10-11,13-14H2,1-3H3,(H,23,24,25)/t15-/m0/s1. The number of nitrogens with one attached hydrogen (secondary N) is 1. The van der Waals surface area contributed by atoms with E-state index < -0.39 is 0 Å². The van der Waals surface area contributed by atoms with Crippen LogP contribution in [0.1, 0.15) is 44.3 Å². The van der Waals surface area contributed by atoms with Gasteiger partial charge in [0.2, 0.25) is 5.91 Å². The van der Waals surface area contributed by atoms with E-state index in [2.05, 4.69) is 39.1 Å². The molecule has 2 aliphatic rings. The monoisotopic (exact) mass is 413 g/mol. The van der Waals surface area contributed by atoms with Crippen molar-refractivity contribution >= 4 is 11.6 Å². The van der Waals surface area contributed by atoms with Crippen LogP contribution >= 0.6 is 0 Å². The summed E-state index contributed by atoms with van der Waals surface area (Å²) in [6.45, 7) is 6.15. The van der Waals surface area contributed by atoms with Crippen molar-refractivity contribution in [2.75, 3.05) is 31.6 Å². The van der Waals surface area contributed by atoms with Crippen LogP contribution in [0.5, 0.6) is 11.5 Å². The van der Waals surface area contributed by atoms with Crippen molar-refractivity contribution < 1.29 is 14.3 Å². The van der Waals surface area contributed by atoms with Gasteiger partial charge in [-0.05, 0) is 51.7 Å². The lowest BCUT2D eigenvalue weighted by Crippen LogP contribution is -2.54. The van der Waals surface area contributed by atoms with E-state index in [1.807, 2.05) is 17.9 Å². The number of hydrogen-bond donors (Lipinski definition) is 1. The van der Waals surface area contributed by atoms with Gasteiger partial charge in [0, 0.05) is 37.4 Å². The molecule has 1 aromatic carbocycles. The van der Waals surface area contributed by atoms with Crippen LogP contribution in [0.15, 0.2) is 18.2 Å². The summed E-state index contributed by atoms with van der Waals surface area (Å²) in [6.07, 6.45) is 5.19. The topological polar surface area (TPSA) is 83.6 Å². The molecule has 2 aromatic rings. The molecule has 0 radical (unpaired) electrons. The highest BCUT2D eigenvalue weighted by molar-refractivity contribution is 5.78. The van der Waals surface area contributed by atoms with E-state index in [9.17, 15) is 4.79 Å². The minimum absolute atomic E-state index is 0.0705. The highest BCUT2D eigenvalue weighted by Crippen LogP contribution is 2.35. The number of nitrogens with zero attached hydrogens (tertiary/aromatic N) is 4. The minimum atomic E-state index is 0.0705. The molecule has 162 valence electrons. The lowest BCUT2D eigenvalue weighted by atomic mass is 10.1. The first kappa shape index (κ1) is 20.5. The van der Waals surface area contributed by atoms with Crippen LogP contribution in [-0.2, 0) is 11.2 Å². The molecule has 1 atom stereocenters. The molecule has 0 bridgehead atoms. The van der Waals surface area contributed by atoms with E-state index in [0.717, 1.165) is 48.9 Å². The Balaban J connectivity index is 1.41. The molecule has 2 heterocycles. The zero-order chi connectivity index (χ0) is 21.1. The third kappa shape index (κ3) is 4.52. The zero-order valence-electron chi connectivity index (χ0n) is 18.1. The molecule has 2 fully saturated rings. The van der Waals surface area contributed by atoms with Gasteiger partial charge in [-0.1, -0.05) is 0 Å². The number of anilines is 1. The van der Waals surface area contributed by atoms with Crippen LogP contribution in [-0.4, -0.2) is 64.9 Å². The molecule has 1 N–H and O–H groups in total. The molecule has 1 aliphatic carbocycles. The van der Waals surface area contributed by atoms with Crippen molar-refractivity contribution in [1.29, 1.82) is 0 Å². The smallest absolute Gasteiger partial charge is 0.230 e. The Kier molecular flexibility index (Phi) is 6.11. The van der Waals surface area contributed by atoms with Gasteiger partial charge in [0.15, 0.2) is 17.3 Å². The summed E-state index contributed by atoms with van der Waals surface area (Å²) in [6, 6.07) is 6.24. The van der Waals surface area contributed by atoms with Gasteiger partial charge < -0.3 is 19.3 Å². The second kappa shape index (κ2) is 8.93. The third-order valence-corrected chi connectivity index (χ3v) is 6.01. The maximum atomic E-state index is 12.7. The van der Waals surface area contributed by atoms with Gasteiger partial charge in [0.25, 0.3) is 0 Å². The number of hydrogen-bond acceptors (Lipinski definition) is 6. The number of ether oxygens (including phenoxy) is 2. The molecule has 30 heavy (non-hydrogen) atoms. The summed E-state index contributed by atoms with van der Waals surface area (Å²) in [5, 5.41) is 6.88. The van der Waals surface area contributed by atoms with E-state index in [1.54, 1.807) is 7.11 Å². The number of methoxy groups -OCH3 is 1. The largest absolute Gasteiger partial charge is 0.493 e. The quantitative estimate of drug-likeness (QED) is 0.784. The second-order valence-electron chi connectivity index (χ2n) is 8.26. The Morgan fingerprint density at radius 1 is 1.23 bits per heavy atom. The van der Waals surface area contributed by atoms with Gasteiger partial charge in [-0.3, -0.25) is 9.89 Å². The van der Waals surface area contributed by atoms with Crippen molar-refractivity contribution in [3.05, 3.63) is 29.8 Å². The zero-order valence-corrected chi connectivity index (χ0v) is 18.1. The highest BCUT2D eigenvalue weighted by atomic mass is 16.5. The maximum absolute atomic E-state index is 12.7. The number of aromatic nitrogens is 3. The first-order valence-corrected chi connectivity index (χ1v) is 10.8. The number of benzene rings is 1. The van der Waals surface area contributed by atoms with E-state index in [0.29, 0.717) is 12.4 Å². The van der Waals surface area contributed by atoms with Crippen molar-refractivity contribution in [2.24, 2.45) is 0 Å². The Morgan fingerprint density at radius 2 is 2.03 bits per heavy atom. The van der Waals surface area contributed by atoms with E-state index in [4.69, 9.17) is 9.47 Å². The number of piperazine rings is 1. The molecule has 8 nitrogen and oxygen atoms in total. The first-order chi connectivity index (χ1) is 14.5. The number of carbonyl (C=O) groups excluding carboxylic acids is 1. The summed E-state index contributed by atoms with van der Waals surface area (Å²) in [4.78, 5) is 21.2. The van der Waals surface area contributed by atoms with Gasteiger partial charge in [0.05, 0.1) is 19.6 Å². The average Bonchev–Trinajstić information content (AvgIpc) is 3.39. The van der Waals surface area contributed by atoms with E-state index >= 15 is 0 Å². The fourth-order valence-electron chi connectivity index (χ4n) is 4.41. The SMILES string of the molecule is COc1ccc(N2CCN(C(=O)Cc3n[nH]c(C)n3)[C@@H](C)C2)cc1OC1CCCC1. The maximum Gasteiger partial charge on any atom is 0.230 e. The highest BCUT2D eigenvalue weighted by Gasteiger charge is 2.29. The van der Waals surface area contributed by atoms with Gasteiger partial charge in [-0.2, -0.15) is 5.10 Å². The number of amides is 1. The molecule has 1 amide bonds. The summed E-state index contributed by atoms with van der Waals surface area (Å²) in [5.74, 6) is 2.94. The predicted octanol–water partition coefficient (Wildman–Crippen LogP) is 2.72. The van der Waals surface area contributed by atoms with E-state index in [-0.39, 0.29) is 24.5 Å². The van der Waals surface area contributed by atoms with Crippen LogP contribution in [0.4, 0.5) is 5.69 Å². The fraction of sp³-hybridized carbons (Fsp3) is 0.591. The summed E-state index contributed by atoms with van der Waals surface area (Å²) < 4.78 is 11.8. The van der Waals surface area contributed by atoms with Crippen LogP contribution in [0.3, 0.4) is 0 Å². The molecule has 1 aromatic heterocycles. The Bertz CT molecular complexity index is 877. The molecule has 1 aliphatic heterocycles. The van der Waals surface area contributed by atoms with Crippen LogP contribution < -0.4 is 14.4 Å². The van der Waals surface area contributed by atoms with Crippen molar-refractivity contribution in [3.63, 3.8) is 0 Å². The van der Waals surface area contributed by atoms with Crippen molar-refractivity contribution in [2.45, 2.75) is 58.1 Å². The van der Waals surface area contributed by atoms with Gasteiger partial charge in [0.1, 0.15) is 5.82 Å². The van der Waals surface area contributed by atoms with Crippen LogP contribution in [0.25, 0.3) is 0 Å². The number of aromatic amines is 1. The average molecular weight is 414 g/mol. The van der Waals surface area contributed by atoms with E-state index in [1.165, 1.54) is 12.8 Å². The molecule has 0 spiro atoms. The first-order valence-electron chi connectivity index (χ1n) is 10.8. The molecule has 0 unspecified atom stereocenters. The number of H-pyrrole nitrogens is 1. The third-order valence-electron chi connectivity index (χ3n) is 6.01. The summed E-state index contributed by atoms with van der Waals surface area (Å²) >= 11 is 0. The number of carbonyl (C=O) groups is 1. The fourth-order valence-corrected chi connectivity index (χ4v) is 4.41.